The second-order valence-corrected chi connectivity index (χ2v) is 5.75. The number of carbonyl (C=O) groups excluding carboxylic acids is 2. The SMILES string of the molecule is Cc1cc(N(C)C)cc(C)c1NC(=O)CSCC(=O)[O-].[Na+]. The normalized spacial score (nSPS) is 9.71. The molecule has 0 aliphatic carbocycles. The molecule has 5 nitrogen and oxygen atoms in total. The van der Waals surface area contributed by atoms with Crippen LogP contribution in [0.5, 0.6) is 0 Å². The Labute approximate surface area is 151 Å². The van der Waals surface area contributed by atoms with Gasteiger partial charge in [-0.05, 0) is 37.1 Å². The van der Waals surface area contributed by atoms with Crippen molar-refractivity contribution >= 4 is 35.0 Å². The predicted molar refractivity (Wildman–Crippen MR) is 81.2 cm³/mol. The van der Waals surface area contributed by atoms with Gasteiger partial charge in [-0.3, -0.25) is 4.79 Å². The first-order valence-corrected chi connectivity index (χ1v) is 7.32. The molecule has 0 radical (unpaired) electrons. The summed E-state index contributed by atoms with van der Waals surface area (Å²) in [7, 11) is 3.92. The van der Waals surface area contributed by atoms with Crippen molar-refractivity contribution < 1.29 is 44.3 Å². The van der Waals surface area contributed by atoms with Gasteiger partial charge in [0, 0.05) is 31.2 Å². The molecule has 7 heteroatoms. The van der Waals surface area contributed by atoms with E-state index in [9.17, 15) is 14.7 Å². The van der Waals surface area contributed by atoms with E-state index in [0.717, 1.165) is 34.3 Å². The number of benzene rings is 1. The zero-order chi connectivity index (χ0) is 15.3. The second-order valence-electron chi connectivity index (χ2n) is 4.76. The Hall–Kier alpha value is -0.690. The van der Waals surface area contributed by atoms with E-state index >= 15 is 0 Å². The number of nitrogens with zero attached hydrogens (tertiary/aromatic N) is 1. The molecule has 0 saturated carbocycles. The van der Waals surface area contributed by atoms with Crippen LogP contribution in [0, 0.1) is 13.8 Å². The van der Waals surface area contributed by atoms with Crippen LogP contribution in [0.2, 0.25) is 0 Å². The smallest absolute Gasteiger partial charge is 0.549 e. The number of carboxylic acid groups (broad SMARTS) is 1. The van der Waals surface area contributed by atoms with Crippen LogP contribution in [0.4, 0.5) is 11.4 Å². The number of hydrogen-bond acceptors (Lipinski definition) is 5. The number of aryl methyl sites for hydroxylation is 2. The molecule has 1 aromatic carbocycles. The van der Waals surface area contributed by atoms with Crippen molar-refractivity contribution in [1.82, 2.24) is 0 Å². The number of amides is 1. The van der Waals surface area contributed by atoms with E-state index in [2.05, 4.69) is 5.32 Å². The molecular weight excluding hydrogens is 299 g/mol. The van der Waals surface area contributed by atoms with E-state index in [4.69, 9.17) is 0 Å². The van der Waals surface area contributed by atoms with Crippen LogP contribution in [-0.4, -0.2) is 37.5 Å². The molecule has 0 heterocycles. The summed E-state index contributed by atoms with van der Waals surface area (Å²) < 4.78 is 0. The van der Waals surface area contributed by atoms with Gasteiger partial charge in [0.2, 0.25) is 5.91 Å². The average molecular weight is 318 g/mol. The molecule has 21 heavy (non-hydrogen) atoms. The van der Waals surface area contributed by atoms with Crippen LogP contribution < -0.4 is 44.9 Å². The summed E-state index contributed by atoms with van der Waals surface area (Å²) in [6.07, 6.45) is 0. The summed E-state index contributed by atoms with van der Waals surface area (Å²) in [5.74, 6) is -1.45. The van der Waals surface area contributed by atoms with Gasteiger partial charge < -0.3 is 20.1 Å². The Morgan fingerprint density at radius 2 is 1.71 bits per heavy atom. The summed E-state index contributed by atoms with van der Waals surface area (Å²) in [4.78, 5) is 24.0. The Kier molecular flexibility index (Phi) is 9.04. The minimum absolute atomic E-state index is 0. The van der Waals surface area contributed by atoms with Gasteiger partial charge >= 0.3 is 29.6 Å². The monoisotopic (exact) mass is 318 g/mol. The Balaban J connectivity index is 0.00000400. The second kappa shape index (κ2) is 9.35. The third-order valence-electron chi connectivity index (χ3n) is 2.75. The number of hydrogen-bond donors (Lipinski definition) is 1. The summed E-state index contributed by atoms with van der Waals surface area (Å²) in [6, 6.07) is 3.99. The van der Waals surface area contributed by atoms with Gasteiger partial charge in [-0.2, -0.15) is 0 Å². The van der Waals surface area contributed by atoms with Gasteiger partial charge in [-0.25, -0.2) is 0 Å². The maximum absolute atomic E-state index is 11.8. The molecule has 1 amide bonds. The molecule has 0 aliphatic rings. The molecule has 0 spiro atoms. The van der Waals surface area contributed by atoms with Crippen molar-refractivity contribution in [2.24, 2.45) is 0 Å². The van der Waals surface area contributed by atoms with Crippen molar-refractivity contribution in [1.29, 1.82) is 0 Å². The molecule has 0 bridgehead atoms. The molecule has 0 saturated heterocycles. The molecule has 1 aromatic rings. The van der Waals surface area contributed by atoms with E-state index in [1.807, 2.05) is 45.0 Å². The zero-order valence-corrected chi connectivity index (χ0v) is 16.0. The maximum Gasteiger partial charge on any atom is 1.00 e. The topological polar surface area (TPSA) is 72.5 Å². The Bertz CT molecular complexity index is 498. The Morgan fingerprint density at radius 1 is 1.19 bits per heavy atom. The molecule has 0 fully saturated rings. The first-order chi connectivity index (χ1) is 9.31. The number of rotatable bonds is 6. The number of anilines is 2. The molecule has 0 aliphatic heterocycles. The van der Waals surface area contributed by atoms with Gasteiger partial charge in [0.25, 0.3) is 0 Å². The first kappa shape index (κ1) is 20.3. The van der Waals surface area contributed by atoms with E-state index in [1.165, 1.54) is 0 Å². The van der Waals surface area contributed by atoms with E-state index in [-0.39, 0.29) is 47.0 Å². The number of carboxylic acids is 1. The number of aliphatic carboxylic acids is 1. The van der Waals surface area contributed by atoms with Crippen molar-refractivity contribution in [3.8, 4) is 0 Å². The van der Waals surface area contributed by atoms with Crippen LogP contribution in [0.3, 0.4) is 0 Å². The third kappa shape index (κ3) is 6.74. The summed E-state index contributed by atoms with van der Waals surface area (Å²) in [6.45, 7) is 3.87. The van der Waals surface area contributed by atoms with Crippen LogP contribution in [0.25, 0.3) is 0 Å². The molecule has 0 aromatic heterocycles. The van der Waals surface area contributed by atoms with Crippen molar-refractivity contribution in [3.63, 3.8) is 0 Å². The van der Waals surface area contributed by atoms with Gasteiger partial charge in [0.05, 0.1) is 11.7 Å². The largest absolute Gasteiger partial charge is 1.00 e. The number of thioether (sulfide) groups is 1. The summed E-state index contributed by atoms with van der Waals surface area (Å²) in [5, 5.41) is 13.1. The molecule has 0 unspecified atom stereocenters. The van der Waals surface area contributed by atoms with Gasteiger partial charge in [0.1, 0.15) is 0 Å². The molecule has 1 rings (SSSR count). The fraction of sp³-hybridized carbons (Fsp3) is 0.429. The average Bonchev–Trinajstić information content (AvgIpc) is 2.32. The number of carbonyl (C=O) groups is 2. The fourth-order valence-corrected chi connectivity index (χ4v) is 2.32. The standard InChI is InChI=1S/C14H20N2O3S.Na/c1-9-5-11(16(3)4)6-10(2)14(9)15-12(17)7-20-8-13(18)19;/h5-6H,7-8H2,1-4H3,(H,15,17)(H,18,19);/q;+1/p-1. The van der Waals surface area contributed by atoms with Crippen molar-refractivity contribution in [2.75, 3.05) is 35.8 Å². The third-order valence-corrected chi connectivity index (χ3v) is 3.66. The van der Waals surface area contributed by atoms with Crippen LogP contribution in [0.1, 0.15) is 11.1 Å². The van der Waals surface area contributed by atoms with E-state index < -0.39 is 5.97 Å². The van der Waals surface area contributed by atoms with E-state index in [0.29, 0.717) is 0 Å². The van der Waals surface area contributed by atoms with Gasteiger partial charge in [-0.15, -0.1) is 11.8 Å². The summed E-state index contributed by atoms with van der Waals surface area (Å²) in [5.41, 5.74) is 3.82. The van der Waals surface area contributed by atoms with Crippen LogP contribution >= 0.6 is 11.8 Å². The molecule has 110 valence electrons. The van der Waals surface area contributed by atoms with Gasteiger partial charge in [0.15, 0.2) is 0 Å². The molecule has 1 N–H and O–H groups in total. The van der Waals surface area contributed by atoms with Gasteiger partial charge in [-0.1, -0.05) is 0 Å². The van der Waals surface area contributed by atoms with Crippen LogP contribution in [0.15, 0.2) is 12.1 Å². The molecule has 0 atom stereocenters. The van der Waals surface area contributed by atoms with Crippen LogP contribution in [-0.2, 0) is 9.59 Å². The van der Waals surface area contributed by atoms with Crippen molar-refractivity contribution in [3.05, 3.63) is 23.3 Å². The summed E-state index contributed by atoms with van der Waals surface area (Å²) >= 11 is 1.03. The van der Waals surface area contributed by atoms with Crippen molar-refractivity contribution in [2.45, 2.75) is 13.8 Å². The zero-order valence-electron chi connectivity index (χ0n) is 13.1. The Morgan fingerprint density at radius 3 is 2.14 bits per heavy atom. The minimum atomic E-state index is -1.16. The maximum atomic E-state index is 11.8. The number of nitrogens with one attached hydrogen (secondary N) is 1. The van der Waals surface area contributed by atoms with E-state index in [1.54, 1.807) is 0 Å². The minimum Gasteiger partial charge on any atom is -0.549 e. The first-order valence-electron chi connectivity index (χ1n) is 6.17. The quantitative estimate of drug-likeness (QED) is 0.603. The molecular formula is C14H19N2NaO3S. The predicted octanol–water partition coefficient (Wildman–Crippen LogP) is -2.20. The fourth-order valence-electron chi connectivity index (χ4n) is 1.80.